The fraction of sp³-hybridized carbons (Fsp3) is 0.148. The predicted molar refractivity (Wildman–Crippen MR) is 135 cm³/mol. The maximum Gasteiger partial charge on any atom is 0.252 e. The Hall–Kier alpha value is -4.04. The summed E-state index contributed by atoms with van der Waals surface area (Å²) in [6.45, 7) is 1.59. The van der Waals surface area contributed by atoms with Gasteiger partial charge in [0.05, 0.1) is 18.5 Å². The molecule has 8 heteroatoms. The number of carbonyl (C=O) groups is 3. The van der Waals surface area contributed by atoms with Gasteiger partial charge in [0.15, 0.2) is 10.5 Å². The SMILES string of the molecule is COc1ccc(C(=O)c2oc3ccccc3c2NC(=O)C2(C)Sc3ccccc3N(C)C2=O)cc1. The molecule has 0 spiro atoms. The lowest BCUT2D eigenvalue weighted by atomic mass is 10.0. The van der Waals surface area contributed by atoms with Gasteiger partial charge >= 0.3 is 0 Å². The number of methoxy groups -OCH3 is 1. The summed E-state index contributed by atoms with van der Waals surface area (Å²) in [7, 11) is 3.20. The van der Waals surface area contributed by atoms with Crippen molar-refractivity contribution in [3.8, 4) is 5.75 Å². The molecule has 0 saturated heterocycles. The molecule has 0 radical (unpaired) electrons. The van der Waals surface area contributed by atoms with Gasteiger partial charge in [-0.2, -0.15) is 0 Å². The number of ether oxygens (including phenoxy) is 1. The van der Waals surface area contributed by atoms with Gasteiger partial charge in [0.2, 0.25) is 11.7 Å². The maximum atomic E-state index is 13.6. The molecule has 0 fully saturated rings. The lowest BCUT2D eigenvalue weighted by molar-refractivity contribution is -0.128. The van der Waals surface area contributed by atoms with E-state index >= 15 is 0 Å². The van der Waals surface area contributed by atoms with Crippen molar-refractivity contribution in [1.29, 1.82) is 0 Å². The third kappa shape index (κ3) is 3.76. The van der Waals surface area contributed by atoms with Crippen LogP contribution in [-0.2, 0) is 9.59 Å². The van der Waals surface area contributed by atoms with Crippen molar-refractivity contribution in [2.24, 2.45) is 0 Å². The molecule has 1 aliphatic rings. The molecule has 2 heterocycles. The highest BCUT2D eigenvalue weighted by molar-refractivity contribution is 8.02. The van der Waals surface area contributed by atoms with Crippen LogP contribution in [0.15, 0.2) is 82.1 Å². The summed E-state index contributed by atoms with van der Waals surface area (Å²) in [4.78, 5) is 42.6. The van der Waals surface area contributed by atoms with Crippen molar-refractivity contribution in [3.05, 3.63) is 84.1 Å². The number of furan rings is 1. The monoisotopic (exact) mass is 486 g/mol. The zero-order valence-electron chi connectivity index (χ0n) is 19.3. The molecule has 1 aromatic heterocycles. The molecule has 1 unspecified atom stereocenters. The second kappa shape index (κ2) is 8.63. The number of benzene rings is 3. The molecule has 2 amide bonds. The molecular weight excluding hydrogens is 464 g/mol. The summed E-state index contributed by atoms with van der Waals surface area (Å²) < 4.78 is 9.63. The van der Waals surface area contributed by atoms with E-state index in [0.29, 0.717) is 22.3 Å². The van der Waals surface area contributed by atoms with E-state index in [1.807, 2.05) is 24.3 Å². The van der Waals surface area contributed by atoms with Crippen molar-refractivity contribution in [3.63, 3.8) is 0 Å². The first-order valence-electron chi connectivity index (χ1n) is 10.9. The van der Waals surface area contributed by atoms with Crippen LogP contribution in [-0.4, -0.2) is 36.5 Å². The number of rotatable bonds is 5. The molecular formula is C27H22N2O5S. The molecule has 1 N–H and O–H groups in total. The predicted octanol–water partition coefficient (Wildman–Crippen LogP) is 5.14. The Bertz CT molecular complexity index is 1480. The molecule has 0 bridgehead atoms. The number of hydrogen-bond donors (Lipinski definition) is 1. The highest BCUT2D eigenvalue weighted by atomic mass is 32.2. The zero-order valence-corrected chi connectivity index (χ0v) is 20.1. The second-order valence-electron chi connectivity index (χ2n) is 8.28. The van der Waals surface area contributed by atoms with Gasteiger partial charge in [0.25, 0.3) is 5.91 Å². The number of anilines is 2. The highest BCUT2D eigenvalue weighted by Gasteiger charge is 2.48. The molecule has 1 aliphatic heterocycles. The average molecular weight is 487 g/mol. The van der Waals surface area contributed by atoms with Gasteiger partial charge in [-0.05, 0) is 55.5 Å². The summed E-state index contributed by atoms with van der Waals surface area (Å²) in [5.41, 5.74) is 1.82. The molecule has 0 saturated carbocycles. The number of nitrogens with one attached hydrogen (secondary N) is 1. The van der Waals surface area contributed by atoms with Gasteiger partial charge in [-0.3, -0.25) is 14.4 Å². The molecule has 176 valence electrons. The van der Waals surface area contributed by atoms with Crippen LogP contribution in [0.2, 0.25) is 0 Å². The normalized spacial score (nSPS) is 17.2. The molecule has 0 aliphatic carbocycles. The number of amides is 2. The van der Waals surface area contributed by atoms with Gasteiger partial charge < -0.3 is 19.4 Å². The summed E-state index contributed by atoms with van der Waals surface area (Å²) in [5.74, 6) is -0.673. The van der Waals surface area contributed by atoms with Gasteiger partial charge in [-0.25, -0.2) is 0 Å². The standard InChI is InChI=1S/C27H22N2O5S/c1-27(26(32)29(2)19-9-5-7-11-21(19)35-27)25(31)28-22-18-8-4-6-10-20(18)34-24(22)23(30)16-12-14-17(33-3)15-13-16/h4-15H,1-3H3,(H,28,31). The summed E-state index contributed by atoms with van der Waals surface area (Å²) in [6, 6.07) is 21.1. The van der Waals surface area contributed by atoms with E-state index in [1.165, 1.54) is 16.7 Å². The first kappa shape index (κ1) is 22.7. The summed E-state index contributed by atoms with van der Waals surface area (Å²) >= 11 is 1.19. The largest absolute Gasteiger partial charge is 0.497 e. The second-order valence-corrected chi connectivity index (χ2v) is 9.74. The molecule has 5 rings (SSSR count). The fourth-order valence-electron chi connectivity index (χ4n) is 4.09. The number of para-hydroxylation sites is 2. The van der Waals surface area contributed by atoms with E-state index in [-0.39, 0.29) is 17.4 Å². The third-order valence-corrected chi connectivity index (χ3v) is 7.41. The van der Waals surface area contributed by atoms with Gasteiger partial charge in [-0.1, -0.05) is 36.0 Å². The van der Waals surface area contributed by atoms with E-state index in [0.717, 1.165) is 10.6 Å². The first-order chi connectivity index (χ1) is 16.8. The Labute approximate surface area is 206 Å². The lowest BCUT2D eigenvalue weighted by Crippen LogP contribution is -2.53. The van der Waals surface area contributed by atoms with Crippen LogP contribution >= 0.6 is 11.8 Å². The van der Waals surface area contributed by atoms with Gasteiger partial charge in [0, 0.05) is 22.9 Å². The Morgan fingerprint density at radius 1 is 1.00 bits per heavy atom. The topological polar surface area (TPSA) is 88.8 Å². The lowest BCUT2D eigenvalue weighted by Gasteiger charge is -2.36. The minimum absolute atomic E-state index is 0.00432. The Morgan fingerprint density at radius 2 is 1.69 bits per heavy atom. The number of ketones is 1. The Kier molecular flexibility index (Phi) is 5.61. The van der Waals surface area contributed by atoms with Crippen LogP contribution < -0.4 is 15.0 Å². The van der Waals surface area contributed by atoms with Crippen molar-refractivity contribution in [2.45, 2.75) is 16.6 Å². The minimum atomic E-state index is -1.44. The number of fused-ring (bicyclic) bond motifs is 2. The third-order valence-electron chi connectivity index (χ3n) is 6.08. The smallest absolute Gasteiger partial charge is 0.252 e. The molecule has 7 nitrogen and oxygen atoms in total. The molecule has 4 aromatic rings. The molecule has 3 aromatic carbocycles. The van der Waals surface area contributed by atoms with Crippen LogP contribution in [0.3, 0.4) is 0 Å². The van der Waals surface area contributed by atoms with Crippen LogP contribution in [0.1, 0.15) is 23.0 Å². The van der Waals surface area contributed by atoms with E-state index in [2.05, 4.69) is 5.32 Å². The number of nitrogens with zero attached hydrogens (tertiary/aromatic N) is 1. The molecule has 1 atom stereocenters. The van der Waals surface area contributed by atoms with Crippen molar-refractivity contribution in [2.75, 3.05) is 24.4 Å². The fourth-order valence-corrected chi connectivity index (χ4v) is 5.36. The summed E-state index contributed by atoms with van der Waals surface area (Å²) in [6.07, 6.45) is 0. The average Bonchev–Trinajstić information content (AvgIpc) is 3.25. The Balaban J connectivity index is 1.54. The quantitative estimate of drug-likeness (QED) is 0.310. The van der Waals surface area contributed by atoms with E-state index in [4.69, 9.17) is 9.15 Å². The Morgan fingerprint density at radius 3 is 2.43 bits per heavy atom. The van der Waals surface area contributed by atoms with Crippen LogP contribution in [0.25, 0.3) is 11.0 Å². The summed E-state index contributed by atoms with van der Waals surface area (Å²) in [5, 5.41) is 3.42. The van der Waals surface area contributed by atoms with E-state index in [9.17, 15) is 14.4 Å². The van der Waals surface area contributed by atoms with Crippen molar-refractivity contribution in [1.82, 2.24) is 0 Å². The number of thioether (sulfide) groups is 1. The highest BCUT2D eigenvalue weighted by Crippen LogP contribution is 2.45. The zero-order chi connectivity index (χ0) is 24.7. The minimum Gasteiger partial charge on any atom is -0.497 e. The number of carbonyl (C=O) groups excluding carboxylic acids is 3. The van der Waals surface area contributed by atoms with Crippen LogP contribution in [0.4, 0.5) is 11.4 Å². The van der Waals surface area contributed by atoms with Gasteiger partial charge in [-0.15, -0.1) is 0 Å². The molecule has 35 heavy (non-hydrogen) atoms. The van der Waals surface area contributed by atoms with E-state index in [1.54, 1.807) is 69.6 Å². The van der Waals surface area contributed by atoms with Crippen molar-refractivity contribution < 1.29 is 23.5 Å². The van der Waals surface area contributed by atoms with Gasteiger partial charge in [0.1, 0.15) is 11.3 Å². The maximum absolute atomic E-state index is 13.6. The van der Waals surface area contributed by atoms with E-state index < -0.39 is 16.4 Å². The number of hydrogen-bond acceptors (Lipinski definition) is 6. The van der Waals surface area contributed by atoms with Crippen molar-refractivity contribution >= 4 is 51.7 Å². The van der Waals surface area contributed by atoms with Crippen LogP contribution in [0, 0.1) is 0 Å². The van der Waals surface area contributed by atoms with Crippen LogP contribution in [0.5, 0.6) is 5.75 Å². The first-order valence-corrected chi connectivity index (χ1v) is 11.7.